The van der Waals surface area contributed by atoms with Gasteiger partial charge >= 0.3 is 7.69 Å². The number of rotatable bonds is 2. The van der Waals surface area contributed by atoms with E-state index < -0.39 is 7.69 Å². The molecule has 0 spiro atoms. The van der Waals surface area contributed by atoms with Crippen LogP contribution >= 0.6 is 0 Å². The lowest BCUT2D eigenvalue weighted by Crippen LogP contribution is -1.90. The van der Waals surface area contributed by atoms with E-state index in [-0.39, 0.29) is 5.78 Å². The standard InChI is InChI=1S/C14H12O.BH3O2/c1-11(15)12-7-9-14(10-8-12)13-5-3-2-4-6-13;2-1-3/h2-10H,1H3;1-3H. The fraction of sp³-hybridized carbons (Fsp3) is 0.0714. The van der Waals surface area contributed by atoms with E-state index >= 15 is 0 Å². The second-order valence-electron chi connectivity index (χ2n) is 3.64. The van der Waals surface area contributed by atoms with Gasteiger partial charge in [0.25, 0.3) is 0 Å². The van der Waals surface area contributed by atoms with Gasteiger partial charge < -0.3 is 10.0 Å². The molecule has 0 saturated carbocycles. The van der Waals surface area contributed by atoms with Crippen LogP contribution in [0.2, 0.25) is 0 Å². The SMILES string of the molecule is CC(=O)c1ccc(-c2ccccc2)cc1.OBO. The summed E-state index contributed by atoms with van der Waals surface area (Å²) < 4.78 is 0. The summed E-state index contributed by atoms with van der Waals surface area (Å²) in [5.41, 5.74) is 3.07. The molecule has 0 aliphatic rings. The molecule has 2 aromatic carbocycles. The van der Waals surface area contributed by atoms with Crippen LogP contribution in [-0.2, 0) is 0 Å². The van der Waals surface area contributed by atoms with Gasteiger partial charge in [-0.1, -0.05) is 54.6 Å². The van der Waals surface area contributed by atoms with Crippen LogP contribution in [0, 0.1) is 0 Å². The molecule has 18 heavy (non-hydrogen) atoms. The minimum absolute atomic E-state index is 0.106. The maximum atomic E-state index is 11.1. The lowest BCUT2D eigenvalue weighted by molar-refractivity contribution is 0.101. The predicted molar refractivity (Wildman–Crippen MR) is 73.5 cm³/mol. The van der Waals surface area contributed by atoms with E-state index in [0.717, 1.165) is 11.1 Å². The largest absolute Gasteiger partial charge is 0.432 e. The Kier molecular flexibility index (Phi) is 5.84. The second kappa shape index (κ2) is 7.43. The van der Waals surface area contributed by atoms with Crippen molar-refractivity contribution in [3.05, 3.63) is 60.2 Å². The molecule has 0 saturated heterocycles. The second-order valence-corrected chi connectivity index (χ2v) is 3.64. The van der Waals surface area contributed by atoms with Crippen LogP contribution in [0.25, 0.3) is 11.1 Å². The van der Waals surface area contributed by atoms with Crippen LogP contribution in [0.5, 0.6) is 0 Å². The Morgan fingerprint density at radius 3 is 1.78 bits per heavy atom. The Morgan fingerprint density at radius 2 is 1.33 bits per heavy atom. The molecule has 0 unspecified atom stereocenters. The lowest BCUT2D eigenvalue weighted by atomic mass is 10.0. The molecule has 0 aromatic heterocycles. The molecule has 4 heteroatoms. The van der Waals surface area contributed by atoms with E-state index in [1.165, 1.54) is 5.56 Å². The highest BCUT2D eigenvalue weighted by Gasteiger charge is 1.99. The average Bonchev–Trinajstić information content (AvgIpc) is 2.41. The number of carbonyl (C=O) groups is 1. The first-order chi connectivity index (χ1) is 8.69. The number of ketones is 1. The van der Waals surface area contributed by atoms with Crippen LogP contribution in [0.15, 0.2) is 54.6 Å². The van der Waals surface area contributed by atoms with Crippen LogP contribution in [0.4, 0.5) is 0 Å². The Balaban J connectivity index is 0.000000492. The van der Waals surface area contributed by atoms with Gasteiger partial charge in [-0.3, -0.25) is 4.79 Å². The van der Waals surface area contributed by atoms with Crippen LogP contribution < -0.4 is 0 Å². The van der Waals surface area contributed by atoms with Crippen molar-refractivity contribution in [3.63, 3.8) is 0 Å². The van der Waals surface area contributed by atoms with Crippen molar-refractivity contribution >= 4 is 13.5 Å². The van der Waals surface area contributed by atoms with Gasteiger partial charge in [-0.25, -0.2) is 0 Å². The first kappa shape index (κ1) is 14.2. The first-order valence-electron chi connectivity index (χ1n) is 5.57. The van der Waals surface area contributed by atoms with Gasteiger partial charge in [0.1, 0.15) is 0 Å². The molecule has 0 radical (unpaired) electrons. The smallest absolute Gasteiger partial charge is 0.430 e. The molecule has 0 bridgehead atoms. The minimum Gasteiger partial charge on any atom is -0.430 e. The molecule has 0 heterocycles. The molecular weight excluding hydrogens is 227 g/mol. The minimum atomic E-state index is -0.750. The number of hydrogen-bond donors (Lipinski definition) is 2. The summed E-state index contributed by atoms with van der Waals surface area (Å²) in [6, 6.07) is 17.8. The average molecular weight is 242 g/mol. The number of carbonyl (C=O) groups excluding carboxylic acids is 1. The van der Waals surface area contributed by atoms with E-state index in [0.29, 0.717) is 0 Å². The summed E-state index contributed by atoms with van der Waals surface area (Å²) in [5.74, 6) is 0.106. The molecule has 2 rings (SSSR count). The summed E-state index contributed by atoms with van der Waals surface area (Å²) in [7, 11) is -0.750. The van der Waals surface area contributed by atoms with Crippen molar-refractivity contribution < 1.29 is 14.8 Å². The van der Waals surface area contributed by atoms with E-state index in [1.807, 2.05) is 42.5 Å². The van der Waals surface area contributed by atoms with Crippen LogP contribution in [0.3, 0.4) is 0 Å². The molecule has 0 amide bonds. The van der Waals surface area contributed by atoms with E-state index in [9.17, 15) is 4.79 Å². The number of hydrogen-bond acceptors (Lipinski definition) is 3. The van der Waals surface area contributed by atoms with Crippen molar-refractivity contribution in [1.29, 1.82) is 0 Å². The first-order valence-corrected chi connectivity index (χ1v) is 5.57. The highest BCUT2D eigenvalue weighted by atomic mass is 16.4. The van der Waals surface area contributed by atoms with Crippen molar-refractivity contribution in [2.24, 2.45) is 0 Å². The maximum Gasteiger partial charge on any atom is 0.432 e. The van der Waals surface area contributed by atoms with E-state index in [1.54, 1.807) is 6.92 Å². The zero-order valence-corrected chi connectivity index (χ0v) is 10.2. The third kappa shape index (κ3) is 4.16. The Hall–Kier alpha value is -1.91. The Bertz CT molecular complexity index is 480. The number of Topliss-reactive ketones (excluding diaryl/α,β-unsaturated/α-hetero) is 1. The highest BCUT2D eigenvalue weighted by molar-refractivity contribution is 6.13. The summed E-state index contributed by atoms with van der Waals surface area (Å²) in [6.45, 7) is 1.58. The molecule has 2 aromatic rings. The molecule has 0 aliphatic carbocycles. The third-order valence-corrected chi connectivity index (χ3v) is 2.40. The zero-order chi connectivity index (χ0) is 13.4. The quantitative estimate of drug-likeness (QED) is 0.623. The molecule has 0 atom stereocenters. The molecule has 0 fully saturated rings. The van der Waals surface area contributed by atoms with Gasteiger partial charge in [0.2, 0.25) is 0 Å². The van der Waals surface area contributed by atoms with Crippen LogP contribution in [0.1, 0.15) is 17.3 Å². The highest BCUT2D eigenvalue weighted by Crippen LogP contribution is 2.19. The molecule has 92 valence electrons. The Labute approximate surface area is 107 Å². The zero-order valence-electron chi connectivity index (χ0n) is 10.2. The fourth-order valence-electron chi connectivity index (χ4n) is 1.53. The van der Waals surface area contributed by atoms with E-state index in [2.05, 4.69) is 12.1 Å². The van der Waals surface area contributed by atoms with Crippen molar-refractivity contribution in [1.82, 2.24) is 0 Å². The van der Waals surface area contributed by atoms with Crippen LogP contribution in [-0.4, -0.2) is 23.5 Å². The monoisotopic (exact) mass is 242 g/mol. The third-order valence-electron chi connectivity index (χ3n) is 2.40. The van der Waals surface area contributed by atoms with Crippen molar-refractivity contribution in [2.45, 2.75) is 6.92 Å². The maximum absolute atomic E-state index is 11.1. The molecular formula is C14H15BO3. The van der Waals surface area contributed by atoms with Gasteiger partial charge in [-0.15, -0.1) is 0 Å². The predicted octanol–water partition coefficient (Wildman–Crippen LogP) is 1.79. The van der Waals surface area contributed by atoms with Gasteiger partial charge in [0, 0.05) is 5.56 Å². The molecule has 0 aliphatic heterocycles. The van der Waals surface area contributed by atoms with Gasteiger partial charge in [0.15, 0.2) is 5.78 Å². The Morgan fingerprint density at radius 1 is 0.889 bits per heavy atom. The summed E-state index contributed by atoms with van der Waals surface area (Å²) in [4.78, 5) is 11.1. The normalized spacial score (nSPS) is 9.06. The van der Waals surface area contributed by atoms with Gasteiger partial charge in [-0.05, 0) is 18.1 Å². The lowest BCUT2D eigenvalue weighted by Gasteiger charge is -2.01. The summed E-state index contributed by atoms with van der Waals surface area (Å²) in [6.07, 6.45) is 0. The van der Waals surface area contributed by atoms with E-state index in [4.69, 9.17) is 10.0 Å². The summed E-state index contributed by atoms with van der Waals surface area (Å²) >= 11 is 0. The van der Waals surface area contributed by atoms with Gasteiger partial charge in [-0.2, -0.15) is 0 Å². The summed E-state index contributed by atoms with van der Waals surface area (Å²) in [5, 5.41) is 14.2. The van der Waals surface area contributed by atoms with Crippen molar-refractivity contribution in [2.75, 3.05) is 0 Å². The fourth-order valence-corrected chi connectivity index (χ4v) is 1.53. The molecule has 2 N–H and O–H groups in total. The van der Waals surface area contributed by atoms with Crippen molar-refractivity contribution in [3.8, 4) is 11.1 Å². The topological polar surface area (TPSA) is 57.5 Å². The number of benzene rings is 2. The molecule has 3 nitrogen and oxygen atoms in total. The van der Waals surface area contributed by atoms with Gasteiger partial charge in [0.05, 0.1) is 0 Å².